The summed E-state index contributed by atoms with van der Waals surface area (Å²) in [7, 11) is 0. The Kier molecular flexibility index (Phi) is 6.63. The lowest BCUT2D eigenvalue weighted by Crippen LogP contribution is -2.11. The highest BCUT2D eigenvalue weighted by atomic mass is 35.5. The molecule has 0 heterocycles. The van der Waals surface area contributed by atoms with Crippen LogP contribution in [0.4, 0.5) is 26.3 Å². The number of carbonyl (C=O) groups is 1. The van der Waals surface area contributed by atoms with Crippen LogP contribution in [0.5, 0.6) is 0 Å². The van der Waals surface area contributed by atoms with Crippen LogP contribution >= 0.6 is 11.6 Å². The monoisotopic (exact) mass is 490 g/mol. The molecule has 0 unspecified atom stereocenters. The summed E-state index contributed by atoms with van der Waals surface area (Å²) in [6.45, 7) is 4.97. The number of allylic oxidation sites excluding steroid dienone is 2. The minimum Gasteiger partial charge on any atom is -0.461 e. The van der Waals surface area contributed by atoms with E-state index in [-0.39, 0.29) is 6.61 Å². The number of halogens is 7. The van der Waals surface area contributed by atoms with Gasteiger partial charge < -0.3 is 4.74 Å². The molecule has 2 atom stereocenters. The standard InChI is InChI=1S/C24H21ClF6O2/c1-13-15(5-4-6-17(13)14-7-9-16(10-8-14)23(26,27)28)12-33-21(32)20-18(22(20,2)3)11-19(25)24(29,30)31/h4-11,18,20H,12H2,1-3H3/b19-11-/t18-,20-/m0/s1. The smallest absolute Gasteiger partial charge is 0.426 e. The predicted octanol–water partition coefficient (Wildman–Crippen LogP) is 7.68. The molecule has 0 radical (unpaired) electrons. The van der Waals surface area contributed by atoms with Gasteiger partial charge >= 0.3 is 18.3 Å². The van der Waals surface area contributed by atoms with E-state index in [9.17, 15) is 31.1 Å². The van der Waals surface area contributed by atoms with Crippen molar-refractivity contribution in [3.05, 3.63) is 70.3 Å². The fraction of sp³-hybridized carbons (Fsp3) is 0.375. The zero-order valence-corrected chi connectivity index (χ0v) is 18.7. The van der Waals surface area contributed by atoms with Crippen LogP contribution in [0.15, 0.2) is 53.6 Å². The Morgan fingerprint density at radius 1 is 1.06 bits per heavy atom. The summed E-state index contributed by atoms with van der Waals surface area (Å²) in [5.74, 6) is -2.09. The molecule has 2 nitrogen and oxygen atoms in total. The fourth-order valence-corrected chi connectivity index (χ4v) is 4.06. The first kappa shape index (κ1) is 25.1. The summed E-state index contributed by atoms with van der Waals surface area (Å²) in [6.07, 6.45) is -8.26. The van der Waals surface area contributed by atoms with Crippen LogP contribution in [0, 0.1) is 24.2 Å². The van der Waals surface area contributed by atoms with Gasteiger partial charge in [0, 0.05) is 0 Å². The Hall–Kier alpha value is -2.48. The summed E-state index contributed by atoms with van der Waals surface area (Å²) >= 11 is 5.31. The third-order valence-corrected chi connectivity index (χ3v) is 6.44. The Balaban J connectivity index is 1.72. The second kappa shape index (κ2) is 8.70. The molecule has 33 heavy (non-hydrogen) atoms. The summed E-state index contributed by atoms with van der Waals surface area (Å²) in [4.78, 5) is 12.6. The van der Waals surface area contributed by atoms with Crippen molar-refractivity contribution in [2.75, 3.05) is 0 Å². The lowest BCUT2D eigenvalue weighted by Gasteiger charge is -2.13. The molecule has 0 N–H and O–H groups in total. The molecule has 3 rings (SSSR count). The van der Waals surface area contributed by atoms with Gasteiger partial charge in [0.2, 0.25) is 0 Å². The number of hydrogen-bond donors (Lipinski definition) is 0. The van der Waals surface area contributed by atoms with Gasteiger partial charge in [0.05, 0.1) is 11.5 Å². The number of rotatable bonds is 5. The molecule has 0 saturated heterocycles. The first-order valence-corrected chi connectivity index (χ1v) is 10.4. The van der Waals surface area contributed by atoms with Gasteiger partial charge in [-0.15, -0.1) is 0 Å². The molecule has 2 aromatic rings. The Morgan fingerprint density at radius 3 is 2.21 bits per heavy atom. The summed E-state index contributed by atoms with van der Waals surface area (Å²) < 4.78 is 82.0. The van der Waals surface area contributed by atoms with Gasteiger partial charge in [-0.3, -0.25) is 4.79 Å². The molecule has 0 aliphatic heterocycles. The van der Waals surface area contributed by atoms with Crippen LogP contribution in [0.3, 0.4) is 0 Å². The molecule has 1 aliphatic carbocycles. The van der Waals surface area contributed by atoms with E-state index in [1.165, 1.54) is 12.1 Å². The fourth-order valence-electron chi connectivity index (χ4n) is 3.92. The van der Waals surface area contributed by atoms with Gasteiger partial charge in [-0.1, -0.05) is 61.9 Å². The van der Waals surface area contributed by atoms with Crippen LogP contribution in [0.1, 0.15) is 30.5 Å². The first-order chi connectivity index (χ1) is 15.1. The van der Waals surface area contributed by atoms with Crippen molar-refractivity contribution in [1.29, 1.82) is 0 Å². The minimum atomic E-state index is -4.68. The van der Waals surface area contributed by atoms with Gasteiger partial charge in [0.25, 0.3) is 0 Å². The van der Waals surface area contributed by atoms with Gasteiger partial charge in [-0.05, 0) is 52.6 Å². The summed E-state index contributed by atoms with van der Waals surface area (Å²) in [6, 6.07) is 9.88. The molecule has 1 aliphatic rings. The van der Waals surface area contributed by atoms with Crippen molar-refractivity contribution in [2.45, 2.75) is 39.7 Å². The molecular weight excluding hydrogens is 470 g/mol. The van der Waals surface area contributed by atoms with Crippen molar-refractivity contribution < 1.29 is 35.9 Å². The molecule has 0 spiro atoms. The number of benzene rings is 2. The molecule has 178 valence electrons. The molecule has 1 saturated carbocycles. The highest BCUT2D eigenvalue weighted by Gasteiger charge is 2.62. The molecule has 9 heteroatoms. The van der Waals surface area contributed by atoms with Gasteiger partial charge in [-0.25, -0.2) is 0 Å². The molecule has 2 aromatic carbocycles. The number of carbonyl (C=O) groups excluding carboxylic acids is 1. The molecular formula is C24H21ClF6O2. The van der Waals surface area contributed by atoms with E-state index in [4.69, 9.17) is 16.3 Å². The number of esters is 1. The number of hydrogen-bond acceptors (Lipinski definition) is 2. The highest BCUT2D eigenvalue weighted by Crippen LogP contribution is 2.60. The van der Waals surface area contributed by atoms with E-state index in [1.807, 2.05) is 0 Å². The van der Waals surface area contributed by atoms with Crippen molar-refractivity contribution in [3.63, 3.8) is 0 Å². The Labute approximate surface area is 192 Å². The summed E-state index contributed by atoms with van der Waals surface area (Å²) in [5, 5.41) is -1.27. The van der Waals surface area contributed by atoms with E-state index in [0.29, 0.717) is 16.7 Å². The second-order valence-corrected chi connectivity index (χ2v) is 9.02. The maximum atomic E-state index is 12.8. The van der Waals surface area contributed by atoms with Crippen molar-refractivity contribution >= 4 is 17.6 Å². The van der Waals surface area contributed by atoms with E-state index in [1.54, 1.807) is 39.0 Å². The lowest BCUT2D eigenvalue weighted by atomic mass is 9.96. The van der Waals surface area contributed by atoms with Crippen molar-refractivity contribution in [1.82, 2.24) is 0 Å². The normalized spacial score (nSPS) is 20.5. The molecule has 1 fully saturated rings. The molecule has 0 aromatic heterocycles. The Morgan fingerprint density at radius 2 is 1.67 bits per heavy atom. The van der Waals surface area contributed by atoms with Gasteiger partial charge in [0.1, 0.15) is 11.6 Å². The number of ether oxygens (including phenoxy) is 1. The van der Waals surface area contributed by atoms with Crippen molar-refractivity contribution in [3.8, 4) is 11.1 Å². The van der Waals surface area contributed by atoms with Gasteiger partial charge in [0.15, 0.2) is 0 Å². The third kappa shape index (κ3) is 5.37. The van der Waals surface area contributed by atoms with Crippen LogP contribution in [0.25, 0.3) is 11.1 Å². The summed E-state index contributed by atoms with van der Waals surface area (Å²) in [5.41, 5.74) is 1.14. The topological polar surface area (TPSA) is 26.3 Å². The van der Waals surface area contributed by atoms with E-state index >= 15 is 0 Å². The first-order valence-electron chi connectivity index (χ1n) is 10.0. The lowest BCUT2D eigenvalue weighted by molar-refractivity contribution is -0.147. The SMILES string of the molecule is Cc1c(COC(=O)[C@@H]2[C@H](/C=C(\Cl)C(F)(F)F)C2(C)C)cccc1-c1ccc(C(F)(F)F)cc1. The van der Waals surface area contributed by atoms with Crippen molar-refractivity contribution in [2.24, 2.45) is 17.3 Å². The molecule has 0 amide bonds. The van der Waals surface area contributed by atoms with E-state index < -0.39 is 46.2 Å². The average molecular weight is 491 g/mol. The average Bonchev–Trinajstić information content (AvgIpc) is 3.25. The van der Waals surface area contributed by atoms with E-state index in [0.717, 1.165) is 23.8 Å². The van der Waals surface area contributed by atoms with Crippen LogP contribution in [-0.2, 0) is 22.3 Å². The van der Waals surface area contributed by atoms with Gasteiger partial charge in [-0.2, -0.15) is 26.3 Å². The maximum Gasteiger partial charge on any atom is 0.426 e. The zero-order valence-electron chi connectivity index (χ0n) is 17.9. The third-order valence-electron chi connectivity index (χ3n) is 6.10. The molecule has 0 bridgehead atoms. The number of alkyl halides is 6. The quantitative estimate of drug-likeness (QED) is 0.317. The Bertz CT molecular complexity index is 1070. The predicted molar refractivity (Wildman–Crippen MR) is 112 cm³/mol. The van der Waals surface area contributed by atoms with Crippen LogP contribution in [-0.4, -0.2) is 12.1 Å². The van der Waals surface area contributed by atoms with E-state index in [2.05, 4.69) is 0 Å². The largest absolute Gasteiger partial charge is 0.461 e. The minimum absolute atomic E-state index is 0.116. The van der Waals surface area contributed by atoms with Crippen LogP contribution in [0.2, 0.25) is 0 Å². The second-order valence-electron chi connectivity index (χ2n) is 8.61. The maximum absolute atomic E-state index is 12.8. The highest BCUT2D eigenvalue weighted by molar-refractivity contribution is 6.30. The zero-order chi connectivity index (χ0) is 24.8. The van der Waals surface area contributed by atoms with Crippen LogP contribution < -0.4 is 0 Å².